The number of hydrogen-bond acceptors (Lipinski definition) is 3. The lowest BCUT2D eigenvalue weighted by molar-refractivity contribution is -0.127. The average Bonchev–Trinajstić information content (AvgIpc) is 3.13. The predicted molar refractivity (Wildman–Crippen MR) is 122 cm³/mol. The van der Waals surface area contributed by atoms with Crippen molar-refractivity contribution in [2.24, 2.45) is 4.99 Å². The van der Waals surface area contributed by atoms with E-state index in [-0.39, 0.29) is 42.2 Å². The fourth-order valence-electron chi connectivity index (χ4n) is 2.70. The molecule has 0 aliphatic heterocycles. The Kier molecular flexibility index (Phi) is 11.7. The molecule has 1 aliphatic carbocycles. The van der Waals surface area contributed by atoms with Crippen molar-refractivity contribution in [3.05, 3.63) is 30.1 Å². The van der Waals surface area contributed by atoms with Crippen LogP contribution >= 0.6 is 35.7 Å². The van der Waals surface area contributed by atoms with Crippen LogP contribution < -0.4 is 10.6 Å². The molecule has 0 aromatic heterocycles. The lowest BCUT2D eigenvalue weighted by Gasteiger charge is -2.18. The molecule has 0 saturated heterocycles. The quantitative estimate of drug-likeness (QED) is 0.186. The maximum absolute atomic E-state index is 12.9. The summed E-state index contributed by atoms with van der Waals surface area (Å²) in [7, 11) is 3.48. The molecule has 0 heterocycles. The summed E-state index contributed by atoms with van der Waals surface area (Å²) < 4.78 is 12.9. The standard InChI is InChI=1S/C19H29FN4OS.HI/c1-24(2)18(25)14-22-19(23-16-6-3-4-7-16)21-12-5-13-26-17-10-8-15(20)9-11-17;/h8-11,16H,3-7,12-14H2,1-2H3,(H2,21,22,23);1H. The third kappa shape index (κ3) is 9.64. The molecule has 1 aromatic carbocycles. The molecule has 2 N–H and O–H groups in total. The van der Waals surface area contributed by atoms with Gasteiger partial charge in [-0.2, -0.15) is 0 Å². The highest BCUT2D eigenvalue weighted by atomic mass is 127. The molecule has 1 saturated carbocycles. The molecule has 8 heteroatoms. The van der Waals surface area contributed by atoms with Crippen LogP contribution in [-0.2, 0) is 4.79 Å². The van der Waals surface area contributed by atoms with Gasteiger partial charge in [-0.3, -0.25) is 4.79 Å². The van der Waals surface area contributed by atoms with Crippen LogP contribution in [0.3, 0.4) is 0 Å². The average molecular weight is 508 g/mol. The number of carbonyl (C=O) groups excluding carboxylic acids is 1. The molecular formula is C19H30FIN4OS. The second-order valence-corrected chi connectivity index (χ2v) is 7.83. The monoisotopic (exact) mass is 508 g/mol. The van der Waals surface area contributed by atoms with E-state index >= 15 is 0 Å². The van der Waals surface area contributed by atoms with Crippen molar-refractivity contribution in [1.29, 1.82) is 0 Å². The van der Waals surface area contributed by atoms with Gasteiger partial charge in [0.05, 0.1) is 0 Å². The Hall–Kier alpha value is -1.03. The first-order chi connectivity index (χ1) is 12.5. The van der Waals surface area contributed by atoms with Crippen LogP contribution in [-0.4, -0.2) is 55.7 Å². The molecule has 0 bridgehead atoms. The Morgan fingerprint density at radius 3 is 2.56 bits per heavy atom. The fraction of sp³-hybridized carbons (Fsp3) is 0.579. The molecule has 1 amide bonds. The minimum atomic E-state index is -0.206. The van der Waals surface area contributed by atoms with Crippen LogP contribution in [0.2, 0.25) is 0 Å². The molecule has 0 atom stereocenters. The van der Waals surface area contributed by atoms with Crippen LogP contribution in [0.15, 0.2) is 34.2 Å². The van der Waals surface area contributed by atoms with E-state index in [0.29, 0.717) is 6.04 Å². The van der Waals surface area contributed by atoms with Crippen LogP contribution in [0.1, 0.15) is 32.1 Å². The van der Waals surface area contributed by atoms with E-state index in [1.165, 1.54) is 25.0 Å². The topological polar surface area (TPSA) is 56.7 Å². The van der Waals surface area contributed by atoms with Gasteiger partial charge in [-0.25, -0.2) is 9.38 Å². The summed E-state index contributed by atoms with van der Waals surface area (Å²) >= 11 is 1.71. The second kappa shape index (κ2) is 13.2. The van der Waals surface area contributed by atoms with Gasteiger partial charge in [-0.15, -0.1) is 35.7 Å². The zero-order chi connectivity index (χ0) is 18.8. The molecule has 1 fully saturated rings. The lowest BCUT2D eigenvalue weighted by atomic mass is 10.2. The van der Waals surface area contributed by atoms with Crippen LogP contribution in [0.5, 0.6) is 0 Å². The highest BCUT2D eigenvalue weighted by molar-refractivity contribution is 14.0. The van der Waals surface area contributed by atoms with Crippen molar-refractivity contribution >= 4 is 47.6 Å². The van der Waals surface area contributed by atoms with Crippen molar-refractivity contribution < 1.29 is 9.18 Å². The van der Waals surface area contributed by atoms with Crippen molar-refractivity contribution in [1.82, 2.24) is 15.5 Å². The van der Waals surface area contributed by atoms with Gasteiger partial charge in [0.15, 0.2) is 5.96 Å². The van der Waals surface area contributed by atoms with Gasteiger partial charge in [0.2, 0.25) is 5.91 Å². The van der Waals surface area contributed by atoms with E-state index in [9.17, 15) is 9.18 Å². The number of rotatable bonds is 8. The largest absolute Gasteiger partial charge is 0.356 e. The first kappa shape index (κ1) is 24.0. The van der Waals surface area contributed by atoms with Gasteiger partial charge in [0, 0.05) is 31.6 Å². The Labute approximate surface area is 183 Å². The number of guanidine groups is 1. The normalized spacial score (nSPS) is 14.6. The number of amides is 1. The third-order valence-corrected chi connectivity index (χ3v) is 5.36. The predicted octanol–water partition coefficient (Wildman–Crippen LogP) is 3.49. The molecule has 27 heavy (non-hydrogen) atoms. The van der Waals surface area contributed by atoms with Gasteiger partial charge in [-0.05, 0) is 49.3 Å². The van der Waals surface area contributed by atoms with Crippen LogP contribution in [0.25, 0.3) is 0 Å². The fourth-order valence-corrected chi connectivity index (χ4v) is 3.56. The molecule has 1 aliphatic rings. The Balaban J connectivity index is 0.00000364. The summed E-state index contributed by atoms with van der Waals surface area (Å²) in [5.41, 5.74) is 0. The lowest BCUT2D eigenvalue weighted by Crippen LogP contribution is -2.43. The van der Waals surface area contributed by atoms with Gasteiger partial charge >= 0.3 is 0 Å². The number of aliphatic imine (C=N–C) groups is 1. The van der Waals surface area contributed by atoms with Gasteiger partial charge in [0.25, 0.3) is 0 Å². The Morgan fingerprint density at radius 2 is 1.93 bits per heavy atom. The van der Waals surface area contributed by atoms with E-state index in [0.717, 1.165) is 42.4 Å². The van der Waals surface area contributed by atoms with Gasteiger partial charge in [0.1, 0.15) is 12.4 Å². The zero-order valence-corrected chi connectivity index (χ0v) is 19.2. The van der Waals surface area contributed by atoms with E-state index < -0.39 is 0 Å². The number of benzene rings is 1. The van der Waals surface area contributed by atoms with Crippen molar-refractivity contribution in [2.45, 2.75) is 43.0 Å². The molecule has 0 radical (unpaired) electrons. The minimum Gasteiger partial charge on any atom is -0.356 e. The second-order valence-electron chi connectivity index (χ2n) is 6.66. The maximum Gasteiger partial charge on any atom is 0.243 e. The van der Waals surface area contributed by atoms with E-state index in [1.807, 2.05) is 0 Å². The molecule has 5 nitrogen and oxygen atoms in total. The summed E-state index contributed by atoms with van der Waals surface area (Å²) in [4.78, 5) is 18.8. The van der Waals surface area contributed by atoms with Crippen molar-refractivity contribution in [3.63, 3.8) is 0 Å². The summed E-state index contributed by atoms with van der Waals surface area (Å²) in [5, 5.41) is 6.78. The maximum atomic E-state index is 12.9. The first-order valence-corrected chi connectivity index (χ1v) is 10.2. The molecule has 0 spiro atoms. The Morgan fingerprint density at radius 1 is 1.26 bits per heavy atom. The minimum absolute atomic E-state index is 0. The number of thioether (sulfide) groups is 1. The van der Waals surface area contributed by atoms with Crippen molar-refractivity contribution in [2.75, 3.05) is 32.9 Å². The van der Waals surface area contributed by atoms with Crippen molar-refractivity contribution in [3.8, 4) is 0 Å². The van der Waals surface area contributed by atoms with Gasteiger partial charge < -0.3 is 15.5 Å². The Bertz CT molecular complexity index is 592. The highest BCUT2D eigenvalue weighted by Crippen LogP contribution is 2.19. The van der Waals surface area contributed by atoms with Gasteiger partial charge in [-0.1, -0.05) is 12.8 Å². The molecule has 2 rings (SSSR count). The van der Waals surface area contributed by atoms with Crippen LogP contribution in [0.4, 0.5) is 4.39 Å². The number of likely N-dealkylation sites (N-methyl/N-ethyl adjacent to an activating group) is 1. The summed E-state index contributed by atoms with van der Waals surface area (Å²) in [6.07, 6.45) is 5.76. The molecule has 1 aromatic rings. The number of nitrogens with zero attached hydrogens (tertiary/aromatic N) is 2. The highest BCUT2D eigenvalue weighted by Gasteiger charge is 2.16. The first-order valence-electron chi connectivity index (χ1n) is 9.18. The van der Waals surface area contributed by atoms with Crippen LogP contribution in [0, 0.1) is 5.82 Å². The summed E-state index contributed by atoms with van der Waals surface area (Å²) in [6, 6.07) is 7.02. The smallest absolute Gasteiger partial charge is 0.243 e. The number of hydrogen-bond donors (Lipinski definition) is 2. The van der Waals surface area contributed by atoms with E-state index in [1.54, 1.807) is 42.9 Å². The molecular weight excluding hydrogens is 478 g/mol. The summed E-state index contributed by atoms with van der Waals surface area (Å²) in [5.74, 6) is 1.44. The van der Waals surface area contributed by atoms with E-state index in [4.69, 9.17) is 0 Å². The third-order valence-electron chi connectivity index (χ3n) is 4.26. The zero-order valence-electron chi connectivity index (χ0n) is 16.0. The molecule has 152 valence electrons. The number of carbonyl (C=O) groups is 1. The number of nitrogens with one attached hydrogen (secondary N) is 2. The number of halogens is 2. The SMILES string of the molecule is CN(C)C(=O)CN=C(NCCCSc1ccc(F)cc1)NC1CCCC1.I. The molecule has 0 unspecified atom stereocenters. The summed E-state index contributed by atoms with van der Waals surface area (Å²) in [6.45, 7) is 0.933. The van der Waals surface area contributed by atoms with E-state index in [2.05, 4.69) is 15.6 Å².